The number of allylic oxidation sites excluding steroid dienone is 4. The van der Waals surface area contributed by atoms with E-state index < -0.39 is 16.9 Å². The summed E-state index contributed by atoms with van der Waals surface area (Å²) in [5, 5.41) is 36.8. The first-order chi connectivity index (χ1) is 16.7. The Hall–Kier alpha value is -4.33. The minimum absolute atomic E-state index is 0.0385. The Bertz CT molecular complexity index is 1500. The summed E-state index contributed by atoms with van der Waals surface area (Å²) in [6, 6.07) is 6.85. The summed E-state index contributed by atoms with van der Waals surface area (Å²) in [7, 11) is 0. The summed E-state index contributed by atoms with van der Waals surface area (Å²) in [5.74, 6) is -1.20. The molecule has 0 radical (unpaired) electrons. The predicted molar refractivity (Wildman–Crippen MR) is 134 cm³/mol. The molecule has 0 aliphatic rings. The van der Waals surface area contributed by atoms with Crippen molar-refractivity contribution in [3.05, 3.63) is 81.6 Å². The second kappa shape index (κ2) is 9.50. The summed E-state index contributed by atoms with van der Waals surface area (Å²) < 4.78 is 7.62. The normalized spacial score (nSPS) is 11.0. The standard InChI is InChI=1S/C27H27N3O5/c1-15(2)5-11-19-22(31)20(12-6-16(3)4)27-21(23(19)32)24(33)25(34)26(35-27)17-7-9-18(10-8-17)30-14-28-13-29-30/h5-10,13-14,31-32,34H,11-12H2,1-4H3. The molecule has 0 atom stereocenters. The van der Waals surface area contributed by atoms with Gasteiger partial charge >= 0.3 is 0 Å². The second-order valence-corrected chi connectivity index (χ2v) is 8.83. The fourth-order valence-corrected chi connectivity index (χ4v) is 3.80. The van der Waals surface area contributed by atoms with Crippen LogP contribution in [0.15, 0.2) is 69.4 Å². The zero-order valence-electron chi connectivity index (χ0n) is 20.0. The number of rotatable bonds is 6. The van der Waals surface area contributed by atoms with E-state index in [1.54, 1.807) is 35.3 Å². The molecule has 0 aliphatic carbocycles. The van der Waals surface area contributed by atoms with Crippen molar-refractivity contribution >= 4 is 11.0 Å². The summed E-state index contributed by atoms with van der Waals surface area (Å²) >= 11 is 0. The summed E-state index contributed by atoms with van der Waals surface area (Å²) in [4.78, 5) is 17.2. The third kappa shape index (κ3) is 4.55. The highest BCUT2D eigenvalue weighted by molar-refractivity contribution is 5.93. The van der Waals surface area contributed by atoms with Gasteiger partial charge in [0, 0.05) is 16.7 Å². The maximum absolute atomic E-state index is 13.3. The zero-order chi connectivity index (χ0) is 25.3. The SMILES string of the molecule is CC(C)=CCc1c(O)c(CC=C(C)C)c2oc(-c3ccc(-n4cncn4)cc3)c(O)c(=O)c2c1O. The third-order valence-corrected chi connectivity index (χ3v) is 5.70. The van der Waals surface area contributed by atoms with E-state index in [9.17, 15) is 20.1 Å². The lowest BCUT2D eigenvalue weighted by molar-refractivity contribution is 0.430. The van der Waals surface area contributed by atoms with Crippen LogP contribution in [0, 0.1) is 0 Å². The topological polar surface area (TPSA) is 122 Å². The van der Waals surface area contributed by atoms with Gasteiger partial charge in [-0.3, -0.25) is 4.79 Å². The van der Waals surface area contributed by atoms with Gasteiger partial charge in [-0.25, -0.2) is 9.67 Å². The minimum atomic E-state index is -0.768. The number of nitrogens with zero attached hydrogens (tertiary/aromatic N) is 3. The third-order valence-electron chi connectivity index (χ3n) is 5.70. The van der Waals surface area contributed by atoms with Gasteiger partial charge in [-0.1, -0.05) is 23.3 Å². The van der Waals surface area contributed by atoms with E-state index in [0.29, 0.717) is 11.1 Å². The lowest BCUT2D eigenvalue weighted by atomic mass is 9.96. The maximum Gasteiger partial charge on any atom is 0.238 e. The predicted octanol–water partition coefficient (Wildman–Crippen LogP) is 5.17. The van der Waals surface area contributed by atoms with Crippen molar-refractivity contribution < 1.29 is 19.7 Å². The molecule has 2 aromatic carbocycles. The number of hydrogen-bond acceptors (Lipinski definition) is 7. The lowest BCUT2D eigenvalue weighted by Gasteiger charge is -2.15. The van der Waals surface area contributed by atoms with E-state index in [-0.39, 0.29) is 40.9 Å². The fraction of sp³-hybridized carbons (Fsp3) is 0.222. The van der Waals surface area contributed by atoms with Gasteiger partial charge in [0.1, 0.15) is 35.1 Å². The number of benzene rings is 2. The van der Waals surface area contributed by atoms with Gasteiger partial charge in [0.05, 0.1) is 5.69 Å². The van der Waals surface area contributed by atoms with Crippen molar-refractivity contribution in [1.29, 1.82) is 0 Å². The number of aromatic nitrogens is 3. The molecule has 180 valence electrons. The molecule has 4 aromatic rings. The monoisotopic (exact) mass is 473 g/mol. The van der Waals surface area contributed by atoms with E-state index in [1.807, 2.05) is 39.8 Å². The number of hydrogen-bond donors (Lipinski definition) is 3. The number of phenolic OH excluding ortho intramolecular Hbond substituents is 2. The van der Waals surface area contributed by atoms with Crippen LogP contribution in [0.2, 0.25) is 0 Å². The van der Waals surface area contributed by atoms with E-state index in [2.05, 4.69) is 10.1 Å². The Morgan fingerprint density at radius 3 is 2.11 bits per heavy atom. The minimum Gasteiger partial charge on any atom is -0.507 e. The fourth-order valence-electron chi connectivity index (χ4n) is 3.80. The maximum atomic E-state index is 13.3. The van der Waals surface area contributed by atoms with Crippen molar-refractivity contribution in [3.63, 3.8) is 0 Å². The first-order valence-corrected chi connectivity index (χ1v) is 11.2. The van der Waals surface area contributed by atoms with E-state index >= 15 is 0 Å². The molecule has 2 aromatic heterocycles. The van der Waals surface area contributed by atoms with Crippen LogP contribution in [0.4, 0.5) is 0 Å². The Balaban J connectivity index is 1.97. The number of phenols is 2. The van der Waals surface area contributed by atoms with Crippen molar-refractivity contribution in [2.45, 2.75) is 40.5 Å². The molecular weight excluding hydrogens is 446 g/mol. The highest BCUT2D eigenvalue weighted by Crippen LogP contribution is 2.42. The molecule has 0 fully saturated rings. The number of fused-ring (bicyclic) bond motifs is 1. The van der Waals surface area contributed by atoms with Crippen molar-refractivity contribution in [2.24, 2.45) is 0 Å². The van der Waals surface area contributed by atoms with Crippen molar-refractivity contribution in [3.8, 4) is 34.3 Å². The van der Waals surface area contributed by atoms with Gasteiger partial charge in [0.2, 0.25) is 11.2 Å². The van der Waals surface area contributed by atoms with Crippen molar-refractivity contribution in [2.75, 3.05) is 0 Å². The molecule has 3 N–H and O–H groups in total. The Labute approximate surface area is 202 Å². The van der Waals surface area contributed by atoms with Gasteiger partial charge in [0.15, 0.2) is 5.76 Å². The molecule has 0 unspecified atom stereocenters. The van der Waals surface area contributed by atoms with Crippen LogP contribution >= 0.6 is 0 Å². The molecule has 0 bridgehead atoms. The molecule has 0 aliphatic heterocycles. The number of aromatic hydroxyl groups is 3. The molecule has 2 heterocycles. The van der Waals surface area contributed by atoms with Gasteiger partial charge in [-0.2, -0.15) is 5.10 Å². The molecule has 35 heavy (non-hydrogen) atoms. The van der Waals surface area contributed by atoms with Crippen LogP contribution in [0.5, 0.6) is 17.2 Å². The highest BCUT2D eigenvalue weighted by Gasteiger charge is 2.25. The first kappa shape index (κ1) is 23.8. The Kier molecular flexibility index (Phi) is 6.46. The second-order valence-electron chi connectivity index (χ2n) is 8.83. The average Bonchev–Trinajstić information content (AvgIpc) is 3.35. The van der Waals surface area contributed by atoms with Crippen molar-refractivity contribution in [1.82, 2.24) is 14.8 Å². The molecule has 8 nitrogen and oxygen atoms in total. The van der Waals surface area contributed by atoms with E-state index in [0.717, 1.165) is 16.8 Å². The molecule has 0 amide bonds. The quantitative estimate of drug-likeness (QED) is 0.330. The summed E-state index contributed by atoms with van der Waals surface area (Å²) in [6.45, 7) is 7.65. The molecule has 0 saturated heterocycles. The molecule has 8 heteroatoms. The van der Waals surface area contributed by atoms with Gasteiger partial charge < -0.3 is 19.7 Å². The largest absolute Gasteiger partial charge is 0.507 e. The molecule has 0 saturated carbocycles. The lowest BCUT2D eigenvalue weighted by Crippen LogP contribution is -2.07. The molecule has 0 spiro atoms. The van der Waals surface area contributed by atoms with Crippen LogP contribution in [-0.2, 0) is 12.8 Å². The summed E-state index contributed by atoms with van der Waals surface area (Å²) in [5.41, 5.74) is 3.05. The molecule has 4 rings (SSSR count). The van der Waals surface area contributed by atoms with E-state index in [4.69, 9.17) is 4.42 Å². The van der Waals surface area contributed by atoms with Crippen LogP contribution in [0.1, 0.15) is 38.8 Å². The van der Waals surface area contributed by atoms with Gasteiger partial charge in [0.25, 0.3) is 0 Å². The Morgan fingerprint density at radius 2 is 1.54 bits per heavy atom. The van der Waals surface area contributed by atoms with Crippen LogP contribution < -0.4 is 5.43 Å². The van der Waals surface area contributed by atoms with Crippen LogP contribution in [-0.4, -0.2) is 30.1 Å². The van der Waals surface area contributed by atoms with E-state index in [1.165, 1.54) is 6.33 Å². The average molecular weight is 474 g/mol. The Morgan fingerprint density at radius 1 is 0.914 bits per heavy atom. The zero-order valence-corrected chi connectivity index (χ0v) is 20.0. The molecular formula is C27H27N3O5. The summed E-state index contributed by atoms with van der Waals surface area (Å²) in [6.07, 6.45) is 7.22. The van der Waals surface area contributed by atoms with Crippen LogP contribution in [0.25, 0.3) is 28.0 Å². The van der Waals surface area contributed by atoms with Gasteiger partial charge in [-0.05, 0) is 64.8 Å². The first-order valence-electron chi connectivity index (χ1n) is 11.2. The van der Waals surface area contributed by atoms with Gasteiger partial charge in [-0.15, -0.1) is 0 Å². The smallest absolute Gasteiger partial charge is 0.238 e. The van der Waals surface area contributed by atoms with Crippen LogP contribution in [0.3, 0.4) is 0 Å². The highest BCUT2D eigenvalue weighted by atomic mass is 16.4.